The fourth-order valence-corrected chi connectivity index (χ4v) is 3.02. The quantitative estimate of drug-likeness (QED) is 0.364. The number of aryl methyl sites for hydroxylation is 1. The van der Waals surface area contributed by atoms with Crippen LogP contribution < -0.4 is 22.1 Å². The van der Waals surface area contributed by atoms with Gasteiger partial charge in [-0.25, -0.2) is 4.98 Å². The van der Waals surface area contributed by atoms with Gasteiger partial charge in [-0.1, -0.05) is 10.7 Å². The first-order valence-electron chi connectivity index (χ1n) is 7.11. The van der Waals surface area contributed by atoms with E-state index in [2.05, 4.69) is 10.3 Å². The van der Waals surface area contributed by atoms with Crippen molar-refractivity contribution in [3.63, 3.8) is 0 Å². The van der Waals surface area contributed by atoms with Crippen LogP contribution in [0.3, 0.4) is 0 Å². The normalized spacial score (nSPS) is 20.1. The van der Waals surface area contributed by atoms with Crippen LogP contribution in [-0.4, -0.2) is 44.9 Å². The van der Waals surface area contributed by atoms with E-state index in [1.54, 1.807) is 0 Å². The summed E-state index contributed by atoms with van der Waals surface area (Å²) in [6.07, 6.45) is -0.315. The Morgan fingerprint density at radius 1 is 1.33 bits per heavy atom. The largest absolute Gasteiger partial charge is 0.398 e. The topological polar surface area (TPSA) is 107 Å². The van der Waals surface area contributed by atoms with Gasteiger partial charge in [0.2, 0.25) is 11.8 Å². The highest BCUT2D eigenvalue weighted by atomic mass is 16.2. The summed E-state index contributed by atoms with van der Waals surface area (Å²) >= 11 is 0. The zero-order valence-electron chi connectivity index (χ0n) is 12.9. The molecule has 1 atom stereocenters. The number of hydrogen-bond donors (Lipinski definition) is 2. The molecule has 1 saturated heterocycles. The van der Waals surface area contributed by atoms with Crippen LogP contribution >= 0.6 is 0 Å². The summed E-state index contributed by atoms with van der Waals surface area (Å²) in [5.74, 6) is -1.17. The van der Waals surface area contributed by atoms with E-state index in [-0.39, 0.29) is 23.3 Å². The Morgan fingerprint density at radius 3 is 2.62 bits per heavy atom. The number of piperidine rings is 1. The van der Waals surface area contributed by atoms with Gasteiger partial charge in [0.25, 0.3) is 5.56 Å². The van der Waals surface area contributed by atoms with E-state index in [0.29, 0.717) is 11.0 Å². The molecule has 1 fully saturated rings. The zero-order valence-corrected chi connectivity index (χ0v) is 12.9. The van der Waals surface area contributed by atoms with Crippen molar-refractivity contribution in [3.8, 4) is 0 Å². The van der Waals surface area contributed by atoms with E-state index in [1.165, 1.54) is 19.1 Å². The van der Waals surface area contributed by atoms with Crippen molar-refractivity contribution in [2.45, 2.75) is 24.6 Å². The molecular formula is C14H11B3N4O3. The van der Waals surface area contributed by atoms with Crippen molar-refractivity contribution in [3.05, 3.63) is 28.3 Å². The molecular weight excluding hydrogens is 305 g/mol. The molecule has 0 saturated carbocycles. The van der Waals surface area contributed by atoms with E-state index in [9.17, 15) is 14.4 Å². The number of anilines is 1. The van der Waals surface area contributed by atoms with E-state index in [1.807, 2.05) is 0 Å². The lowest BCUT2D eigenvalue weighted by atomic mass is 9.47. The average molecular weight is 316 g/mol. The molecule has 0 spiro atoms. The summed E-state index contributed by atoms with van der Waals surface area (Å²) in [5, 5.41) is 0.510. The predicted octanol–water partition coefficient (Wildman–Crippen LogP) is -1.88. The SMILES string of the molecule is [B]c1cc(N)c2c(=O)n(C3C(=O)NC(=O)CC3([B])[B])c(C)nc2c1. The second-order valence-corrected chi connectivity index (χ2v) is 5.94. The molecule has 3 N–H and O–H groups in total. The van der Waals surface area contributed by atoms with Crippen LogP contribution in [-0.2, 0) is 9.59 Å². The third-order valence-electron chi connectivity index (χ3n) is 3.98. The molecule has 24 heavy (non-hydrogen) atoms. The fraction of sp³-hybridized carbons (Fsp3) is 0.286. The lowest BCUT2D eigenvalue weighted by Gasteiger charge is -2.39. The van der Waals surface area contributed by atoms with Crippen LogP contribution in [0.25, 0.3) is 10.9 Å². The van der Waals surface area contributed by atoms with Gasteiger partial charge in [-0.15, -0.1) is 0 Å². The van der Waals surface area contributed by atoms with Gasteiger partial charge in [0, 0.05) is 12.1 Å². The first kappa shape index (κ1) is 16.4. The molecule has 2 aromatic rings. The molecule has 2 heterocycles. The molecule has 1 aromatic carbocycles. The molecule has 1 unspecified atom stereocenters. The van der Waals surface area contributed by atoms with Crippen LogP contribution in [0.4, 0.5) is 5.69 Å². The molecule has 6 radical (unpaired) electrons. The number of rotatable bonds is 1. The molecule has 114 valence electrons. The minimum absolute atomic E-state index is 0.107. The van der Waals surface area contributed by atoms with Gasteiger partial charge in [-0.05, 0) is 19.1 Å². The number of nitrogens with one attached hydrogen (secondary N) is 1. The molecule has 7 nitrogen and oxygen atoms in total. The number of aromatic nitrogens is 2. The number of nitrogens with zero attached hydrogens (tertiary/aromatic N) is 2. The number of nitrogen functional groups attached to an aromatic ring is 1. The molecule has 1 aromatic heterocycles. The van der Waals surface area contributed by atoms with Gasteiger partial charge >= 0.3 is 0 Å². The van der Waals surface area contributed by atoms with Gasteiger partial charge in [-0.2, -0.15) is 0 Å². The maximum atomic E-state index is 12.9. The summed E-state index contributed by atoms with van der Waals surface area (Å²) < 4.78 is 1.07. The second kappa shape index (κ2) is 5.26. The number of carbonyl (C=O) groups excluding carboxylic acids is 2. The van der Waals surface area contributed by atoms with E-state index in [4.69, 9.17) is 29.3 Å². The van der Waals surface area contributed by atoms with Crippen molar-refractivity contribution in [2.24, 2.45) is 0 Å². The summed E-state index contributed by atoms with van der Waals surface area (Å²) in [7, 11) is 17.6. The summed E-state index contributed by atoms with van der Waals surface area (Å²) in [6.45, 7) is 1.53. The number of nitrogens with two attached hydrogens (primary N) is 1. The highest BCUT2D eigenvalue weighted by Gasteiger charge is 2.43. The van der Waals surface area contributed by atoms with Crippen LogP contribution in [0, 0.1) is 6.92 Å². The number of hydrogen-bond acceptors (Lipinski definition) is 5. The summed E-state index contributed by atoms with van der Waals surface area (Å²) in [6, 6.07) is 1.64. The number of amides is 2. The fourth-order valence-electron chi connectivity index (χ4n) is 3.02. The molecule has 3 rings (SSSR count). The summed E-state index contributed by atoms with van der Waals surface area (Å²) in [4.78, 5) is 41.0. The molecule has 1 aliphatic rings. The van der Waals surface area contributed by atoms with Crippen LogP contribution in [0.1, 0.15) is 18.3 Å². The standard InChI is InChI=1S/C14H11B3N4O3/c1-5-19-8-3-6(15)2-7(18)10(8)13(24)21(5)11-12(23)20-9(22)4-14(11,16)17/h2-3,11H,4,18H2,1H3,(H,20,22,23). The van der Waals surface area contributed by atoms with Gasteiger partial charge in [-0.3, -0.25) is 24.3 Å². The van der Waals surface area contributed by atoms with Gasteiger partial charge in [0.1, 0.15) is 19.7 Å². The minimum atomic E-state index is -1.73. The monoisotopic (exact) mass is 316 g/mol. The third-order valence-corrected chi connectivity index (χ3v) is 3.98. The van der Waals surface area contributed by atoms with Crippen molar-refractivity contribution >= 4 is 57.4 Å². The van der Waals surface area contributed by atoms with Crippen molar-refractivity contribution in [1.82, 2.24) is 14.9 Å². The third kappa shape index (κ3) is 2.42. The van der Waals surface area contributed by atoms with Crippen molar-refractivity contribution in [1.29, 1.82) is 0 Å². The van der Waals surface area contributed by atoms with Crippen LogP contribution in [0.5, 0.6) is 0 Å². The van der Waals surface area contributed by atoms with Gasteiger partial charge < -0.3 is 5.73 Å². The number of fused-ring (bicyclic) bond motifs is 1. The zero-order chi connectivity index (χ0) is 17.8. The van der Waals surface area contributed by atoms with Crippen LogP contribution in [0.15, 0.2) is 16.9 Å². The Morgan fingerprint density at radius 2 is 2.00 bits per heavy atom. The molecule has 1 aliphatic heterocycles. The van der Waals surface area contributed by atoms with E-state index in [0.717, 1.165) is 4.57 Å². The van der Waals surface area contributed by atoms with E-state index < -0.39 is 28.6 Å². The Labute approximate surface area is 141 Å². The van der Waals surface area contributed by atoms with Gasteiger partial charge in [0.05, 0.1) is 26.6 Å². The average Bonchev–Trinajstić information content (AvgIpc) is 2.39. The van der Waals surface area contributed by atoms with Gasteiger partial charge in [0.15, 0.2) is 0 Å². The smallest absolute Gasteiger partial charge is 0.264 e. The first-order chi connectivity index (χ1) is 11.1. The lowest BCUT2D eigenvalue weighted by Crippen LogP contribution is -2.52. The highest BCUT2D eigenvalue weighted by Crippen LogP contribution is 2.38. The second-order valence-electron chi connectivity index (χ2n) is 5.94. The minimum Gasteiger partial charge on any atom is -0.398 e. The van der Waals surface area contributed by atoms with E-state index >= 15 is 0 Å². The molecule has 0 bridgehead atoms. The first-order valence-corrected chi connectivity index (χ1v) is 7.11. The van der Waals surface area contributed by atoms with Crippen molar-refractivity contribution < 1.29 is 9.59 Å². The maximum absolute atomic E-state index is 12.9. The Bertz CT molecular complexity index is 954. The Hall–Kier alpha value is -2.51. The predicted molar refractivity (Wildman–Crippen MR) is 91.5 cm³/mol. The number of benzene rings is 1. The molecule has 0 aliphatic carbocycles. The highest BCUT2D eigenvalue weighted by molar-refractivity contribution is 6.43. The van der Waals surface area contributed by atoms with Crippen molar-refractivity contribution in [2.75, 3.05) is 5.73 Å². The Balaban J connectivity index is 2.33. The molecule has 2 amide bonds. The van der Waals surface area contributed by atoms with Crippen LogP contribution in [0.2, 0.25) is 5.21 Å². The number of imide groups is 1. The Kier molecular flexibility index (Phi) is 3.58. The number of carbonyl (C=O) groups is 2. The molecule has 10 heteroatoms. The summed E-state index contributed by atoms with van der Waals surface area (Å²) in [5.41, 5.74) is 6.09. The maximum Gasteiger partial charge on any atom is 0.264 e. The lowest BCUT2D eigenvalue weighted by molar-refractivity contribution is -0.136.